The molecule has 294 valence electrons. The Bertz CT molecular complexity index is 1770. The molecular weight excluding hydrogens is 720 g/mol. The van der Waals surface area contributed by atoms with Crippen LogP contribution in [0.2, 0.25) is 5.02 Å². The molecule has 14 nitrogen and oxygen atoms in total. The van der Waals surface area contributed by atoms with Gasteiger partial charge in [-0.05, 0) is 62.2 Å². The van der Waals surface area contributed by atoms with Crippen LogP contribution < -0.4 is 20.7 Å². The number of rotatable bonds is 6. The van der Waals surface area contributed by atoms with Crippen LogP contribution in [0.25, 0.3) is 0 Å². The van der Waals surface area contributed by atoms with E-state index in [4.69, 9.17) is 36.3 Å². The van der Waals surface area contributed by atoms with Crippen molar-refractivity contribution in [3.63, 3.8) is 0 Å². The SMILES string of the molecule is COc1cc2cc(c1Cl)N(C)C(=O)C[C@H](OC(=O)[C@H](C)N(C)C(=O)c1ccc(N)cc1)[C@@H](C)[C@@H](O)[C@H](C)[C@@H]1C[C@@](O)(NC(=O)O1)[C@H](OC)/C=C/C=C(\C)C2. The smallest absolute Gasteiger partial charge is 0.409 e. The minimum absolute atomic E-state index is 0.166. The van der Waals surface area contributed by atoms with E-state index >= 15 is 0 Å². The number of nitrogens with one attached hydrogen (secondary N) is 1. The lowest BCUT2D eigenvalue weighted by atomic mass is 9.81. The first kappa shape index (κ1) is 42.1. The summed E-state index contributed by atoms with van der Waals surface area (Å²) >= 11 is 6.73. The topological polar surface area (TPSA) is 190 Å². The van der Waals surface area contributed by atoms with Crippen molar-refractivity contribution in [3.8, 4) is 5.75 Å². The molecule has 2 aliphatic rings. The van der Waals surface area contributed by atoms with Crippen LogP contribution in [-0.4, -0.2) is 103 Å². The number of benzene rings is 2. The number of methoxy groups -OCH3 is 2. The number of halogens is 1. The zero-order valence-electron chi connectivity index (χ0n) is 31.9. The van der Waals surface area contributed by atoms with Crippen molar-refractivity contribution in [1.82, 2.24) is 10.2 Å². The Morgan fingerprint density at radius 2 is 1.81 bits per heavy atom. The maximum atomic E-state index is 14.1. The van der Waals surface area contributed by atoms with Crippen LogP contribution in [0.4, 0.5) is 16.2 Å². The van der Waals surface area contributed by atoms with Crippen molar-refractivity contribution >= 4 is 46.9 Å². The molecule has 4 rings (SSSR count). The first-order chi connectivity index (χ1) is 25.4. The van der Waals surface area contributed by atoms with Crippen molar-refractivity contribution < 1.29 is 48.3 Å². The van der Waals surface area contributed by atoms with Crippen LogP contribution in [0.3, 0.4) is 0 Å². The van der Waals surface area contributed by atoms with E-state index in [9.17, 15) is 29.4 Å². The zero-order valence-corrected chi connectivity index (χ0v) is 32.6. The highest BCUT2D eigenvalue weighted by Crippen LogP contribution is 2.38. The van der Waals surface area contributed by atoms with Gasteiger partial charge < -0.3 is 44.7 Å². The van der Waals surface area contributed by atoms with Crippen molar-refractivity contribution in [1.29, 1.82) is 0 Å². The van der Waals surface area contributed by atoms with Gasteiger partial charge in [-0.15, -0.1) is 0 Å². The number of hydrogen-bond donors (Lipinski definition) is 4. The molecular formula is C39H51ClN4O10. The number of allylic oxidation sites excluding steroid dienone is 3. The molecule has 0 saturated carbocycles. The average molecular weight is 771 g/mol. The molecule has 2 aromatic carbocycles. The second-order valence-electron chi connectivity index (χ2n) is 14.1. The van der Waals surface area contributed by atoms with Crippen LogP contribution in [0.5, 0.6) is 5.75 Å². The number of amides is 3. The summed E-state index contributed by atoms with van der Waals surface area (Å²) in [6, 6.07) is 8.65. The molecule has 8 atom stereocenters. The normalized spacial score (nSPS) is 28.8. The quantitative estimate of drug-likeness (QED) is 0.243. The predicted octanol–water partition coefficient (Wildman–Crippen LogP) is 4.25. The highest BCUT2D eigenvalue weighted by atomic mass is 35.5. The van der Waals surface area contributed by atoms with Crippen LogP contribution in [0.1, 0.15) is 56.5 Å². The van der Waals surface area contributed by atoms with Gasteiger partial charge in [0.25, 0.3) is 5.91 Å². The Balaban J connectivity index is 1.75. The third-order valence-electron chi connectivity index (χ3n) is 10.3. The largest absolute Gasteiger partial charge is 0.495 e. The van der Waals surface area contributed by atoms with Crippen molar-refractivity contribution in [2.45, 2.75) is 83.1 Å². The Labute approximate surface area is 320 Å². The third-order valence-corrected chi connectivity index (χ3v) is 10.7. The molecule has 5 N–H and O–H groups in total. The van der Waals surface area contributed by atoms with Gasteiger partial charge in [0.2, 0.25) is 5.91 Å². The monoisotopic (exact) mass is 770 g/mol. The van der Waals surface area contributed by atoms with Gasteiger partial charge in [0.1, 0.15) is 35.1 Å². The van der Waals surface area contributed by atoms with Crippen molar-refractivity contribution in [3.05, 3.63) is 76.3 Å². The van der Waals surface area contributed by atoms with E-state index in [1.54, 1.807) is 62.4 Å². The number of hydrogen-bond acceptors (Lipinski definition) is 11. The minimum Gasteiger partial charge on any atom is -0.495 e. The summed E-state index contributed by atoms with van der Waals surface area (Å²) in [5.74, 6) is -3.22. The number of nitrogens with two attached hydrogens (primary N) is 1. The van der Waals surface area contributed by atoms with Gasteiger partial charge in [-0.2, -0.15) is 0 Å². The van der Waals surface area contributed by atoms with Crippen LogP contribution >= 0.6 is 11.6 Å². The molecule has 0 radical (unpaired) electrons. The Morgan fingerprint density at radius 3 is 2.44 bits per heavy atom. The number of aliphatic hydroxyl groups excluding tert-OH is 1. The summed E-state index contributed by atoms with van der Waals surface area (Å²) in [5, 5.41) is 26.1. The molecule has 54 heavy (non-hydrogen) atoms. The summed E-state index contributed by atoms with van der Waals surface area (Å²) < 4.78 is 22.7. The Morgan fingerprint density at radius 1 is 1.15 bits per heavy atom. The van der Waals surface area contributed by atoms with E-state index in [0.29, 0.717) is 29.1 Å². The number of esters is 1. The maximum Gasteiger partial charge on any atom is 0.409 e. The number of aliphatic hydroxyl groups is 2. The first-order valence-electron chi connectivity index (χ1n) is 17.6. The van der Waals surface area contributed by atoms with Crippen LogP contribution in [0, 0.1) is 11.8 Å². The fourth-order valence-corrected chi connectivity index (χ4v) is 6.91. The number of alkyl carbamates (subject to hydrolysis) is 1. The molecule has 15 heteroatoms. The lowest BCUT2D eigenvalue weighted by molar-refractivity contribution is -0.165. The molecule has 2 aliphatic heterocycles. The molecule has 4 bridgehead atoms. The Hall–Kier alpha value is -4.63. The van der Waals surface area contributed by atoms with Crippen LogP contribution in [0.15, 0.2) is 60.2 Å². The van der Waals surface area contributed by atoms with Gasteiger partial charge >= 0.3 is 12.1 Å². The van der Waals surface area contributed by atoms with Crippen molar-refractivity contribution in [2.75, 3.05) is 38.9 Å². The molecule has 0 aliphatic carbocycles. The van der Waals surface area contributed by atoms with Gasteiger partial charge in [0.05, 0.1) is 25.3 Å². The fourth-order valence-electron chi connectivity index (χ4n) is 6.60. The third kappa shape index (κ3) is 9.53. The first-order valence-corrected chi connectivity index (χ1v) is 18.0. The van der Waals surface area contributed by atoms with Gasteiger partial charge in [0.15, 0.2) is 5.72 Å². The number of nitrogens with zero attached hydrogens (tertiary/aromatic N) is 2. The zero-order chi connectivity index (χ0) is 40.1. The van der Waals surface area contributed by atoms with Gasteiger partial charge in [0, 0.05) is 50.7 Å². The standard InChI is InChI=1S/C39H51ClN4O10/c1-21-10-9-11-32(52-8)39(50)20-31(54-38(49)42-39)23(3)35(46)22(2)29(19-33(45)44(6)28-17-25(16-21)18-30(51-7)34(28)40)53-37(48)24(4)43(5)36(47)26-12-14-27(41)15-13-26/h9-15,17-18,22-24,29,31-32,35,46,50H,16,19-20,41H2,1-8H3,(H,42,49)/b11-9+,21-10+/t22-,23-,24+,29+,31+,32-,35-,39+/m1/s1. The Kier molecular flexibility index (Phi) is 13.8. The van der Waals surface area contributed by atoms with E-state index in [-0.39, 0.29) is 11.4 Å². The van der Waals surface area contributed by atoms with E-state index < -0.39 is 78.3 Å². The average Bonchev–Trinajstić information content (AvgIpc) is 3.14. The second-order valence-corrected chi connectivity index (χ2v) is 14.5. The van der Waals surface area contributed by atoms with E-state index in [1.807, 2.05) is 13.0 Å². The van der Waals surface area contributed by atoms with Gasteiger partial charge in [-0.25, -0.2) is 9.59 Å². The number of carbonyl (C=O) groups is 4. The lowest BCUT2D eigenvalue weighted by Gasteiger charge is -2.43. The van der Waals surface area contributed by atoms with Gasteiger partial charge in [-0.3, -0.25) is 14.9 Å². The lowest BCUT2D eigenvalue weighted by Crippen LogP contribution is -2.64. The molecule has 2 aromatic rings. The number of carbonyl (C=O) groups excluding carboxylic acids is 4. The number of nitrogen functional groups attached to an aromatic ring is 1. The minimum atomic E-state index is -1.91. The van der Waals surface area contributed by atoms with E-state index in [2.05, 4.69) is 5.32 Å². The maximum absolute atomic E-state index is 14.1. The highest BCUT2D eigenvalue weighted by molar-refractivity contribution is 6.35. The van der Waals surface area contributed by atoms with Gasteiger partial charge in [-0.1, -0.05) is 49.2 Å². The fraction of sp³-hybridized carbons (Fsp3) is 0.487. The number of ether oxygens (including phenoxy) is 4. The van der Waals surface area contributed by atoms with E-state index in [0.717, 1.165) is 11.1 Å². The van der Waals surface area contributed by atoms with Crippen molar-refractivity contribution in [2.24, 2.45) is 11.8 Å². The summed E-state index contributed by atoms with van der Waals surface area (Å²) in [6.45, 7) is 6.62. The molecule has 0 unspecified atom stereocenters. The molecule has 0 spiro atoms. The molecule has 3 amide bonds. The summed E-state index contributed by atoms with van der Waals surface area (Å²) in [5.41, 5.74) is 6.65. The molecule has 2 heterocycles. The number of fused-ring (bicyclic) bond motifs is 4. The summed E-state index contributed by atoms with van der Waals surface area (Å²) in [6.07, 6.45) is -0.502. The van der Waals surface area contributed by atoms with E-state index in [1.165, 1.54) is 45.0 Å². The molecule has 0 aromatic heterocycles. The number of anilines is 2. The summed E-state index contributed by atoms with van der Waals surface area (Å²) in [7, 11) is 5.84. The summed E-state index contributed by atoms with van der Waals surface area (Å²) in [4.78, 5) is 56.4. The molecule has 1 saturated heterocycles. The predicted molar refractivity (Wildman–Crippen MR) is 203 cm³/mol. The molecule has 1 fully saturated rings. The van der Waals surface area contributed by atoms with Crippen LogP contribution in [-0.2, 0) is 30.2 Å². The highest BCUT2D eigenvalue weighted by Gasteiger charge is 2.48. The second kappa shape index (κ2) is 17.7. The number of likely N-dealkylation sites (N-methyl/N-ethyl adjacent to an activating group) is 1.